The summed E-state index contributed by atoms with van der Waals surface area (Å²) in [6, 6.07) is 0. The molecule has 0 aliphatic carbocycles. The Morgan fingerprint density at radius 3 is 3.09 bits per heavy atom. The van der Waals surface area contributed by atoms with E-state index >= 15 is 0 Å². The van der Waals surface area contributed by atoms with Crippen molar-refractivity contribution in [1.82, 2.24) is 4.98 Å². The van der Waals surface area contributed by atoms with E-state index < -0.39 is 0 Å². The molecule has 0 radical (unpaired) electrons. The van der Waals surface area contributed by atoms with Crippen molar-refractivity contribution in [3.05, 3.63) is 22.2 Å². The summed E-state index contributed by atoms with van der Waals surface area (Å²) in [5, 5.41) is 1.06. The number of nitrogens with zero attached hydrogens (tertiary/aromatic N) is 1. The van der Waals surface area contributed by atoms with Crippen molar-refractivity contribution in [2.24, 2.45) is 0 Å². The average Bonchev–Trinajstić information content (AvgIpc) is 2.37. The highest BCUT2D eigenvalue weighted by molar-refractivity contribution is 7.12. The second-order valence-electron chi connectivity index (χ2n) is 2.19. The van der Waals surface area contributed by atoms with E-state index in [9.17, 15) is 0 Å². The maximum absolute atomic E-state index is 5.50. The molecule has 11 heavy (non-hydrogen) atoms. The fourth-order valence-electron chi connectivity index (χ4n) is 0.696. The summed E-state index contributed by atoms with van der Waals surface area (Å²) >= 11 is 7.20. The van der Waals surface area contributed by atoms with Crippen molar-refractivity contribution in [3.8, 4) is 0 Å². The van der Waals surface area contributed by atoms with Crippen LogP contribution >= 0.6 is 22.9 Å². The van der Waals surface area contributed by atoms with Gasteiger partial charge in [0.2, 0.25) is 0 Å². The zero-order chi connectivity index (χ0) is 8.10. The summed E-state index contributed by atoms with van der Waals surface area (Å²) in [5.41, 5.74) is 0. The molecule has 0 saturated heterocycles. The van der Waals surface area contributed by atoms with E-state index in [0.717, 1.165) is 11.4 Å². The van der Waals surface area contributed by atoms with Crippen molar-refractivity contribution in [2.75, 3.05) is 5.88 Å². The van der Waals surface area contributed by atoms with Crippen LogP contribution in [0.4, 0.5) is 0 Å². The normalized spacial score (nSPS) is 11.1. The molecule has 1 rings (SSSR count). The first-order chi connectivity index (χ1) is 5.33. The second kappa shape index (κ2) is 4.52. The van der Waals surface area contributed by atoms with Crippen LogP contribution < -0.4 is 0 Å². The highest BCUT2D eigenvalue weighted by Crippen LogP contribution is 2.12. The third kappa shape index (κ3) is 3.04. The standard InChI is InChI=1S/C8H10ClNS/c1-7-6-10-8(11-7)4-2-3-5-9/h2,4,6H,3,5H2,1H3. The number of thiazole rings is 1. The van der Waals surface area contributed by atoms with Crippen molar-refractivity contribution < 1.29 is 0 Å². The molecule has 0 aliphatic heterocycles. The minimum Gasteiger partial charge on any atom is -0.245 e. The van der Waals surface area contributed by atoms with Gasteiger partial charge in [0.25, 0.3) is 0 Å². The lowest BCUT2D eigenvalue weighted by Crippen LogP contribution is -1.67. The van der Waals surface area contributed by atoms with E-state index in [2.05, 4.69) is 11.9 Å². The van der Waals surface area contributed by atoms with Crippen LogP contribution in [0.25, 0.3) is 6.08 Å². The van der Waals surface area contributed by atoms with Gasteiger partial charge in [-0.1, -0.05) is 6.08 Å². The van der Waals surface area contributed by atoms with Crippen molar-refractivity contribution >= 4 is 29.0 Å². The molecule has 0 bridgehead atoms. The summed E-state index contributed by atoms with van der Waals surface area (Å²) < 4.78 is 0. The monoisotopic (exact) mass is 187 g/mol. The van der Waals surface area contributed by atoms with Gasteiger partial charge in [-0.15, -0.1) is 22.9 Å². The van der Waals surface area contributed by atoms with Crippen LogP contribution in [0, 0.1) is 6.92 Å². The van der Waals surface area contributed by atoms with Crippen molar-refractivity contribution in [2.45, 2.75) is 13.3 Å². The number of halogens is 1. The van der Waals surface area contributed by atoms with Gasteiger partial charge < -0.3 is 0 Å². The largest absolute Gasteiger partial charge is 0.245 e. The smallest absolute Gasteiger partial charge is 0.115 e. The first-order valence-corrected chi connectivity index (χ1v) is 4.83. The number of allylic oxidation sites excluding steroid dienone is 1. The Bertz CT molecular complexity index is 242. The van der Waals surface area contributed by atoms with Crippen LogP contribution in [0.3, 0.4) is 0 Å². The lowest BCUT2D eigenvalue weighted by atomic mass is 10.4. The van der Waals surface area contributed by atoms with E-state index in [1.807, 2.05) is 18.3 Å². The number of aryl methyl sites for hydroxylation is 1. The Morgan fingerprint density at radius 1 is 1.73 bits per heavy atom. The average molecular weight is 188 g/mol. The molecular formula is C8H10ClNS. The van der Waals surface area contributed by atoms with Crippen LogP contribution in [0.2, 0.25) is 0 Å². The van der Waals surface area contributed by atoms with Crippen LogP contribution in [-0.2, 0) is 0 Å². The summed E-state index contributed by atoms with van der Waals surface area (Å²) in [6.45, 7) is 2.05. The third-order valence-corrected chi connectivity index (χ3v) is 2.27. The molecule has 1 aromatic rings. The third-order valence-electron chi connectivity index (χ3n) is 1.18. The van der Waals surface area contributed by atoms with E-state index in [1.165, 1.54) is 4.88 Å². The Morgan fingerprint density at radius 2 is 2.55 bits per heavy atom. The quantitative estimate of drug-likeness (QED) is 0.663. The predicted octanol–water partition coefficient (Wildman–Crippen LogP) is 3.09. The SMILES string of the molecule is Cc1cnc(C=CCCCl)s1. The van der Waals surface area contributed by atoms with Gasteiger partial charge in [0.05, 0.1) is 0 Å². The number of hydrogen-bond acceptors (Lipinski definition) is 2. The van der Waals surface area contributed by atoms with Gasteiger partial charge in [-0.05, 0) is 19.4 Å². The Kier molecular flexibility index (Phi) is 3.60. The van der Waals surface area contributed by atoms with Crippen molar-refractivity contribution in [1.29, 1.82) is 0 Å². The maximum atomic E-state index is 5.50. The number of alkyl halides is 1. The molecular weight excluding hydrogens is 178 g/mol. The van der Waals surface area contributed by atoms with Crippen LogP contribution in [0.5, 0.6) is 0 Å². The minimum atomic E-state index is 0.681. The van der Waals surface area contributed by atoms with E-state index in [4.69, 9.17) is 11.6 Å². The first-order valence-electron chi connectivity index (χ1n) is 3.48. The molecule has 0 N–H and O–H groups in total. The van der Waals surface area contributed by atoms with Gasteiger partial charge in [-0.2, -0.15) is 0 Å². The fourth-order valence-corrected chi connectivity index (χ4v) is 1.53. The van der Waals surface area contributed by atoms with E-state index in [-0.39, 0.29) is 0 Å². The molecule has 0 saturated carbocycles. The van der Waals surface area contributed by atoms with Gasteiger partial charge in [0.15, 0.2) is 0 Å². The second-order valence-corrected chi connectivity index (χ2v) is 3.83. The van der Waals surface area contributed by atoms with Crippen LogP contribution in [0.1, 0.15) is 16.3 Å². The highest BCUT2D eigenvalue weighted by atomic mass is 35.5. The fraction of sp³-hybridized carbons (Fsp3) is 0.375. The Hall–Kier alpha value is -0.340. The Labute approximate surface area is 75.7 Å². The van der Waals surface area contributed by atoms with Gasteiger partial charge in [0, 0.05) is 17.0 Å². The molecule has 0 aliphatic rings. The first kappa shape index (κ1) is 8.75. The van der Waals surface area contributed by atoms with Crippen molar-refractivity contribution in [3.63, 3.8) is 0 Å². The van der Waals surface area contributed by atoms with Crippen LogP contribution in [0.15, 0.2) is 12.3 Å². The molecule has 0 unspecified atom stereocenters. The number of rotatable bonds is 3. The number of hydrogen-bond donors (Lipinski definition) is 0. The zero-order valence-corrected chi connectivity index (χ0v) is 7.95. The summed E-state index contributed by atoms with van der Waals surface area (Å²) in [4.78, 5) is 5.42. The Balaban J connectivity index is 2.50. The molecule has 0 atom stereocenters. The lowest BCUT2D eigenvalue weighted by Gasteiger charge is -1.81. The number of aromatic nitrogens is 1. The van der Waals surface area contributed by atoms with E-state index in [0.29, 0.717) is 5.88 Å². The summed E-state index contributed by atoms with van der Waals surface area (Å²) in [6.07, 6.45) is 6.86. The van der Waals surface area contributed by atoms with Gasteiger partial charge in [-0.3, -0.25) is 0 Å². The van der Waals surface area contributed by atoms with Gasteiger partial charge in [-0.25, -0.2) is 4.98 Å². The molecule has 1 aromatic heterocycles. The highest BCUT2D eigenvalue weighted by Gasteiger charge is 1.90. The van der Waals surface area contributed by atoms with Gasteiger partial charge >= 0.3 is 0 Å². The topological polar surface area (TPSA) is 12.9 Å². The predicted molar refractivity (Wildman–Crippen MR) is 51.2 cm³/mol. The lowest BCUT2D eigenvalue weighted by molar-refractivity contribution is 1.24. The summed E-state index contributed by atoms with van der Waals surface area (Å²) in [5.74, 6) is 0.681. The molecule has 0 aromatic carbocycles. The molecule has 1 heterocycles. The van der Waals surface area contributed by atoms with E-state index in [1.54, 1.807) is 11.3 Å². The molecule has 3 heteroatoms. The maximum Gasteiger partial charge on any atom is 0.115 e. The molecule has 60 valence electrons. The molecule has 0 amide bonds. The van der Waals surface area contributed by atoms with Gasteiger partial charge in [0.1, 0.15) is 5.01 Å². The zero-order valence-electron chi connectivity index (χ0n) is 6.38. The molecule has 1 nitrogen and oxygen atoms in total. The minimum absolute atomic E-state index is 0.681. The summed E-state index contributed by atoms with van der Waals surface area (Å²) in [7, 11) is 0. The molecule has 0 spiro atoms. The molecule has 0 fully saturated rings. The van der Waals surface area contributed by atoms with Crippen LogP contribution in [-0.4, -0.2) is 10.9 Å².